The summed E-state index contributed by atoms with van der Waals surface area (Å²) in [5.74, 6) is -1.02. The zero-order valence-electron chi connectivity index (χ0n) is 17.0. The van der Waals surface area contributed by atoms with Crippen LogP contribution in [0.15, 0.2) is 18.2 Å². The fraction of sp³-hybridized carbons (Fsp3) is 0.600. The van der Waals surface area contributed by atoms with Crippen molar-refractivity contribution >= 4 is 23.3 Å². The summed E-state index contributed by atoms with van der Waals surface area (Å²) in [5, 5.41) is 14.1. The Bertz CT molecular complexity index is 718. The second-order valence-electron chi connectivity index (χ2n) is 6.95. The van der Waals surface area contributed by atoms with Gasteiger partial charge in [0.05, 0.1) is 17.1 Å². The Morgan fingerprint density at radius 1 is 1.28 bits per heavy atom. The van der Waals surface area contributed by atoms with E-state index in [0.717, 1.165) is 31.7 Å². The number of likely N-dealkylation sites (N-methyl/N-ethyl adjacent to an activating group) is 1. The number of carbonyl (C=O) groups is 2. The first-order valence-electron chi connectivity index (χ1n) is 9.95. The SMILES string of the molecule is CCN(C(=O)COC(=O)c1cc([N+](=O)[O-])ccc1NCCOC)C1CCCCC1. The third-order valence-electron chi connectivity index (χ3n) is 5.06. The van der Waals surface area contributed by atoms with Gasteiger partial charge in [0.1, 0.15) is 0 Å². The third-order valence-corrected chi connectivity index (χ3v) is 5.06. The Hall–Kier alpha value is -2.68. The molecule has 0 saturated heterocycles. The molecule has 1 amide bonds. The van der Waals surface area contributed by atoms with Crippen molar-refractivity contribution in [3.8, 4) is 0 Å². The van der Waals surface area contributed by atoms with E-state index in [9.17, 15) is 19.7 Å². The lowest BCUT2D eigenvalue weighted by molar-refractivity contribution is -0.384. The third kappa shape index (κ3) is 6.42. The predicted octanol–water partition coefficient (Wildman–Crippen LogP) is 2.99. The Labute approximate surface area is 170 Å². The number of non-ortho nitro benzene ring substituents is 1. The molecule has 1 aromatic rings. The lowest BCUT2D eigenvalue weighted by Gasteiger charge is -2.33. The molecule has 0 atom stereocenters. The highest BCUT2D eigenvalue weighted by molar-refractivity contribution is 5.97. The van der Waals surface area contributed by atoms with Gasteiger partial charge in [0.15, 0.2) is 6.61 Å². The van der Waals surface area contributed by atoms with Crippen molar-refractivity contribution in [1.82, 2.24) is 4.90 Å². The fourth-order valence-corrected chi connectivity index (χ4v) is 3.58. The van der Waals surface area contributed by atoms with Gasteiger partial charge < -0.3 is 19.7 Å². The van der Waals surface area contributed by atoms with Gasteiger partial charge >= 0.3 is 5.97 Å². The summed E-state index contributed by atoms with van der Waals surface area (Å²) in [6.07, 6.45) is 5.30. The topological polar surface area (TPSA) is 111 Å². The molecule has 0 heterocycles. The molecule has 2 rings (SSSR count). The normalized spacial score (nSPS) is 14.3. The van der Waals surface area contributed by atoms with Gasteiger partial charge in [-0.2, -0.15) is 0 Å². The summed E-state index contributed by atoms with van der Waals surface area (Å²) >= 11 is 0. The number of rotatable bonds is 10. The molecule has 1 saturated carbocycles. The van der Waals surface area contributed by atoms with E-state index in [4.69, 9.17) is 9.47 Å². The van der Waals surface area contributed by atoms with Crippen molar-refractivity contribution in [2.24, 2.45) is 0 Å². The summed E-state index contributed by atoms with van der Waals surface area (Å²) in [4.78, 5) is 37.4. The number of nitro groups is 1. The van der Waals surface area contributed by atoms with E-state index in [1.54, 1.807) is 12.0 Å². The first kappa shape index (κ1) is 22.6. The summed E-state index contributed by atoms with van der Waals surface area (Å²) in [7, 11) is 1.55. The van der Waals surface area contributed by atoms with Gasteiger partial charge in [-0.05, 0) is 25.8 Å². The number of hydrogen-bond acceptors (Lipinski definition) is 7. The molecule has 9 nitrogen and oxygen atoms in total. The van der Waals surface area contributed by atoms with Gasteiger partial charge in [-0.15, -0.1) is 0 Å². The van der Waals surface area contributed by atoms with Gasteiger partial charge in [0, 0.05) is 44.1 Å². The number of benzene rings is 1. The zero-order valence-corrected chi connectivity index (χ0v) is 17.0. The van der Waals surface area contributed by atoms with Crippen LogP contribution in [0.25, 0.3) is 0 Å². The largest absolute Gasteiger partial charge is 0.452 e. The summed E-state index contributed by atoms with van der Waals surface area (Å²) < 4.78 is 10.2. The van der Waals surface area contributed by atoms with Crippen LogP contribution in [0.4, 0.5) is 11.4 Å². The minimum Gasteiger partial charge on any atom is -0.452 e. The molecule has 160 valence electrons. The lowest BCUT2D eigenvalue weighted by Crippen LogP contribution is -2.43. The second-order valence-corrected chi connectivity index (χ2v) is 6.95. The van der Waals surface area contributed by atoms with E-state index in [1.165, 1.54) is 18.6 Å². The molecule has 0 aliphatic heterocycles. The average Bonchev–Trinajstić information content (AvgIpc) is 2.73. The Kier molecular flexibility index (Phi) is 8.85. The average molecular weight is 407 g/mol. The molecule has 0 aromatic heterocycles. The van der Waals surface area contributed by atoms with Gasteiger partial charge in [-0.1, -0.05) is 19.3 Å². The summed E-state index contributed by atoms with van der Waals surface area (Å²) in [6.45, 7) is 2.90. The molecular formula is C20H29N3O6. The van der Waals surface area contributed by atoms with E-state index < -0.39 is 10.9 Å². The molecule has 0 spiro atoms. The molecular weight excluding hydrogens is 378 g/mol. The van der Waals surface area contributed by atoms with Crippen molar-refractivity contribution in [3.05, 3.63) is 33.9 Å². The van der Waals surface area contributed by atoms with E-state index in [1.807, 2.05) is 6.92 Å². The van der Waals surface area contributed by atoms with Crippen LogP contribution >= 0.6 is 0 Å². The van der Waals surface area contributed by atoms with Crippen LogP contribution in [-0.4, -0.2) is 61.2 Å². The molecule has 1 aliphatic carbocycles. The number of anilines is 1. The van der Waals surface area contributed by atoms with Gasteiger partial charge in [0.2, 0.25) is 0 Å². The molecule has 1 aromatic carbocycles. The molecule has 1 N–H and O–H groups in total. The monoisotopic (exact) mass is 407 g/mol. The highest BCUT2D eigenvalue weighted by Crippen LogP contribution is 2.24. The Balaban J connectivity index is 2.06. The Morgan fingerprint density at radius 3 is 2.62 bits per heavy atom. The minimum absolute atomic E-state index is 0.0174. The van der Waals surface area contributed by atoms with Crippen LogP contribution in [0.2, 0.25) is 0 Å². The maximum absolute atomic E-state index is 12.6. The molecule has 1 fully saturated rings. The zero-order chi connectivity index (χ0) is 21.2. The number of ether oxygens (including phenoxy) is 2. The smallest absolute Gasteiger partial charge is 0.341 e. The van der Waals surface area contributed by atoms with E-state index in [2.05, 4.69) is 5.32 Å². The van der Waals surface area contributed by atoms with Crippen LogP contribution in [0.5, 0.6) is 0 Å². The number of nitrogens with one attached hydrogen (secondary N) is 1. The number of esters is 1. The quantitative estimate of drug-likeness (QED) is 0.275. The maximum Gasteiger partial charge on any atom is 0.341 e. The van der Waals surface area contributed by atoms with Crippen LogP contribution in [0.3, 0.4) is 0 Å². The highest BCUT2D eigenvalue weighted by Gasteiger charge is 2.25. The highest BCUT2D eigenvalue weighted by atomic mass is 16.6. The van der Waals surface area contributed by atoms with Crippen LogP contribution in [-0.2, 0) is 14.3 Å². The number of amides is 1. The molecule has 1 aliphatic rings. The van der Waals surface area contributed by atoms with Gasteiger partial charge in [-0.3, -0.25) is 14.9 Å². The molecule has 0 unspecified atom stereocenters. The van der Waals surface area contributed by atoms with E-state index in [-0.39, 0.29) is 29.8 Å². The maximum atomic E-state index is 12.6. The number of nitrogens with zero attached hydrogens (tertiary/aromatic N) is 2. The fourth-order valence-electron chi connectivity index (χ4n) is 3.58. The first-order chi connectivity index (χ1) is 14.0. The molecule has 0 radical (unpaired) electrons. The van der Waals surface area contributed by atoms with Crippen LogP contribution < -0.4 is 5.32 Å². The second kappa shape index (κ2) is 11.4. The van der Waals surface area contributed by atoms with Crippen LogP contribution in [0, 0.1) is 10.1 Å². The summed E-state index contributed by atoms with van der Waals surface area (Å²) in [6, 6.07) is 4.09. The minimum atomic E-state index is -0.776. The Morgan fingerprint density at radius 2 is 2.00 bits per heavy atom. The number of carbonyl (C=O) groups excluding carboxylic acids is 2. The van der Waals surface area contributed by atoms with Crippen molar-refractivity contribution in [3.63, 3.8) is 0 Å². The van der Waals surface area contributed by atoms with Crippen molar-refractivity contribution < 1.29 is 24.0 Å². The van der Waals surface area contributed by atoms with Crippen molar-refractivity contribution in [2.45, 2.75) is 45.1 Å². The van der Waals surface area contributed by atoms with Crippen molar-refractivity contribution in [1.29, 1.82) is 0 Å². The molecule has 0 bridgehead atoms. The number of nitro benzene ring substituents is 1. The number of hydrogen-bond donors (Lipinski definition) is 1. The van der Waals surface area contributed by atoms with E-state index in [0.29, 0.717) is 25.4 Å². The predicted molar refractivity (Wildman–Crippen MR) is 108 cm³/mol. The van der Waals surface area contributed by atoms with Crippen LogP contribution in [0.1, 0.15) is 49.4 Å². The standard InChI is InChI=1S/C20H29N3O6/c1-3-22(15-7-5-4-6-8-15)19(24)14-29-20(25)17-13-16(23(26)27)9-10-18(17)21-11-12-28-2/h9-10,13,15,21H,3-8,11-12,14H2,1-2H3. The summed E-state index contributed by atoms with van der Waals surface area (Å²) in [5.41, 5.74) is 0.187. The first-order valence-corrected chi connectivity index (χ1v) is 9.95. The van der Waals surface area contributed by atoms with Gasteiger partial charge in [-0.25, -0.2) is 4.79 Å². The van der Waals surface area contributed by atoms with Crippen molar-refractivity contribution in [2.75, 3.05) is 38.7 Å². The van der Waals surface area contributed by atoms with E-state index >= 15 is 0 Å². The number of methoxy groups -OCH3 is 1. The lowest BCUT2D eigenvalue weighted by atomic mass is 9.94. The van der Waals surface area contributed by atoms with Gasteiger partial charge in [0.25, 0.3) is 11.6 Å². The molecule has 29 heavy (non-hydrogen) atoms. The molecule has 9 heteroatoms.